The van der Waals surface area contributed by atoms with E-state index in [0.29, 0.717) is 5.56 Å². The van der Waals surface area contributed by atoms with Gasteiger partial charge < -0.3 is 0 Å². The van der Waals surface area contributed by atoms with Gasteiger partial charge in [0.15, 0.2) is 0 Å². The van der Waals surface area contributed by atoms with Crippen molar-refractivity contribution >= 4 is 10.0 Å². The van der Waals surface area contributed by atoms with E-state index in [1.54, 1.807) is 24.2 Å². The molecule has 0 aliphatic carbocycles. The zero-order valence-corrected chi connectivity index (χ0v) is 17.5. The number of nitrogens with one attached hydrogen (secondary N) is 1. The highest BCUT2D eigenvalue weighted by atomic mass is 32.2. The summed E-state index contributed by atoms with van der Waals surface area (Å²) < 4.78 is 41.8. The number of rotatable bonds is 5. The van der Waals surface area contributed by atoms with E-state index in [1.165, 1.54) is 17.7 Å². The van der Waals surface area contributed by atoms with Crippen molar-refractivity contribution in [3.63, 3.8) is 0 Å². The quantitative estimate of drug-likeness (QED) is 0.825. The lowest BCUT2D eigenvalue weighted by molar-refractivity contribution is -0.110. The van der Waals surface area contributed by atoms with Crippen LogP contribution in [0.4, 0.5) is 4.39 Å². The second-order valence-electron chi connectivity index (χ2n) is 8.19. The van der Waals surface area contributed by atoms with Crippen molar-refractivity contribution in [2.75, 3.05) is 13.7 Å². The zero-order valence-electron chi connectivity index (χ0n) is 16.6. The highest BCUT2D eigenvalue weighted by Gasteiger charge is 2.43. The molecular formula is C21H27FN2O3S. The molecule has 1 fully saturated rings. The summed E-state index contributed by atoms with van der Waals surface area (Å²) in [5.74, 6) is -0.391. The Labute approximate surface area is 166 Å². The van der Waals surface area contributed by atoms with Crippen molar-refractivity contribution in [1.29, 1.82) is 0 Å². The van der Waals surface area contributed by atoms with Gasteiger partial charge in [-0.05, 0) is 34.2 Å². The molecule has 0 aromatic heterocycles. The van der Waals surface area contributed by atoms with Crippen LogP contribution >= 0.6 is 0 Å². The first-order valence-corrected chi connectivity index (χ1v) is 10.8. The molecule has 152 valence electrons. The molecule has 0 saturated carbocycles. The normalized spacial score (nSPS) is 21.2. The smallest absolute Gasteiger partial charge is 0.219 e. The van der Waals surface area contributed by atoms with Crippen LogP contribution in [0.1, 0.15) is 43.5 Å². The summed E-state index contributed by atoms with van der Waals surface area (Å²) in [6.07, 6.45) is 0. The SMILES string of the molecule is CN1OC[C@@H](S(=O)(=O)NCc2cccc(F)c2)[C@@H]1c1ccc(C(C)(C)C)cc1. The zero-order chi connectivity index (χ0) is 20.5. The fourth-order valence-electron chi connectivity index (χ4n) is 3.40. The van der Waals surface area contributed by atoms with Gasteiger partial charge >= 0.3 is 0 Å². The summed E-state index contributed by atoms with van der Waals surface area (Å²) >= 11 is 0. The van der Waals surface area contributed by atoms with Crippen molar-refractivity contribution in [3.05, 3.63) is 71.0 Å². The molecule has 2 atom stereocenters. The molecule has 7 heteroatoms. The van der Waals surface area contributed by atoms with E-state index in [-0.39, 0.29) is 18.6 Å². The van der Waals surface area contributed by atoms with Gasteiger partial charge in [-0.15, -0.1) is 0 Å². The molecule has 2 aromatic rings. The molecule has 0 spiro atoms. The molecule has 0 amide bonds. The summed E-state index contributed by atoms with van der Waals surface area (Å²) in [5, 5.41) is 0.838. The number of halogens is 1. The molecule has 1 aliphatic rings. The Hall–Kier alpha value is -1.80. The summed E-state index contributed by atoms with van der Waals surface area (Å²) in [7, 11) is -1.94. The fraction of sp³-hybridized carbons (Fsp3) is 0.429. The maximum Gasteiger partial charge on any atom is 0.219 e. The Balaban J connectivity index is 1.79. The van der Waals surface area contributed by atoms with Gasteiger partial charge in [0, 0.05) is 13.6 Å². The Kier molecular flexibility index (Phi) is 5.91. The molecule has 1 N–H and O–H groups in total. The monoisotopic (exact) mass is 406 g/mol. The lowest BCUT2D eigenvalue weighted by atomic mass is 9.86. The molecule has 2 aromatic carbocycles. The van der Waals surface area contributed by atoms with Crippen LogP contribution in [-0.4, -0.2) is 32.4 Å². The van der Waals surface area contributed by atoms with E-state index in [2.05, 4.69) is 25.5 Å². The van der Waals surface area contributed by atoms with E-state index in [0.717, 1.165) is 5.56 Å². The summed E-state index contributed by atoms with van der Waals surface area (Å²) in [6, 6.07) is 13.5. The number of sulfonamides is 1. The molecule has 0 unspecified atom stereocenters. The van der Waals surface area contributed by atoms with E-state index in [9.17, 15) is 12.8 Å². The average molecular weight is 407 g/mol. The Morgan fingerprint density at radius 2 is 1.86 bits per heavy atom. The third kappa shape index (κ3) is 4.60. The third-order valence-electron chi connectivity index (χ3n) is 5.07. The Morgan fingerprint density at radius 3 is 2.46 bits per heavy atom. The number of hydrogen-bond acceptors (Lipinski definition) is 4. The highest BCUT2D eigenvalue weighted by Crippen LogP contribution is 2.34. The van der Waals surface area contributed by atoms with Gasteiger partial charge in [-0.25, -0.2) is 17.5 Å². The van der Waals surface area contributed by atoms with Gasteiger partial charge in [0.2, 0.25) is 10.0 Å². The van der Waals surface area contributed by atoms with E-state index in [1.807, 2.05) is 24.3 Å². The van der Waals surface area contributed by atoms with Crippen LogP contribution in [-0.2, 0) is 26.8 Å². The first-order valence-electron chi connectivity index (χ1n) is 9.27. The van der Waals surface area contributed by atoms with Crippen LogP contribution in [0, 0.1) is 5.82 Å². The van der Waals surface area contributed by atoms with Crippen molar-refractivity contribution in [2.24, 2.45) is 0 Å². The molecule has 1 saturated heterocycles. The predicted octanol–water partition coefficient (Wildman–Crippen LogP) is 3.53. The van der Waals surface area contributed by atoms with Crippen LogP contribution in [0.2, 0.25) is 0 Å². The number of benzene rings is 2. The minimum absolute atomic E-state index is 0.0224. The maximum atomic E-state index is 13.3. The maximum absolute atomic E-state index is 13.3. The van der Waals surface area contributed by atoms with Crippen LogP contribution in [0.15, 0.2) is 48.5 Å². The fourth-order valence-corrected chi connectivity index (χ4v) is 4.89. The molecule has 0 bridgehead atoms. The van der Waals surface area contributed by atoms with Crippen molar-refractivity contribution in [1.82, 2.24) is 9.79 Å². The van der Waals surface area contributed by atoms with Gasteiger partial charge in [0.1, 0.15) is 11.1 Å². The number of nitrogens with zero attached hydrogens (tertiary/aromatic N) is 1. The van der Waals surface area contributed by atoms with Gasteiger partial charge in [0.05, 0.1) is 12.6 Å². The molecular weight excluding hydrogens is 379 g/mol. The summed E-state index contributed by atoms with van der Waals surface area (Å²) in [6.45, 7) is 6.51. The molecule has 1 aliphatic heterocycles. The Bertz CT molecular complexity index is 923. The van der Waals surface area contributed by atoms with Gasteiger partial charge in [-0.1, -0.05) is 57.2 Å². The van der Waals surface area contributed by atoms with E-state index in [4.69, 9.17) is 4.84 Å². The van der Waals surface area contributed by atoms with Gasteiger partial charge in [-0.3, -0.25) is 4.84 Å². The molecule has 5 nitrogen and oxygen atoms in total. The first-order chi connectivity index (χ1) is 13.1. The summed E-state index contributed by atoms with van der Waals surface area (Å²) in [4.78, 5) is 5.54. The predicted molar refractivity (Wildman–Crippen MR) is 108 cm³/mol. The molecule has 3 rings (SSSR count). The summed E-state index contributed by atoms with van der Waals surface area (Å²) in [5.41, 5.74) is 2.66. The van der Waals surface area contributed by atoms with Crippen LogP contribution < -0.4 is 4.72 Å². The molecule has 0 radical (unpaired) electrons. The molecule has 1 heterocycles. The standard InChI is InChI=1S/C21H27FN2O3S/c1-21(2,3)17-10-8-16(9-11-17)20-19(14-27-24(20)4)28(25,26)23-13-15-6-5-7-18(22)12-15/h5-12,19-20,23H,13-14H2,1-4H3/t19-,20+/m1/s1. The van der Waals surface area contributed by atoms with E-state index >= 15 is 0 Å². The average Bonchev–Trinajstić information content (AvgIpc) is 3.02. The first kappa shape index (κ1) is 20.9. The van der Waals surface area contributed by atoms with Crippen LogP contribution in [0.3, 0.4) is 0 Å². The lowest BCUT2D eigenvalue weighted by Gasteiger charge is -2.25. The lowest BCUT2D eigenvalue weighted by Crippen LogP contribution is -2.39. The van der Waals surface area contributed by atoms with Crippen LogP contribution in [0.25, 0.3) is 0 Å². The van der Waals surface area contributed by atoms with Gasteiger partial charge in [0.25, 0.3) is 0 Å². The van der Waals surface area contributed by atoms with Crippen molar-refractivity contribution in [2.45, 2.75) is 44.0 Å². The third-order valence-corrected chi connectivity index (χ3v) is 6.81. The van der Waals surface area contributed by atoms with E-state index < -0.39 is 27.1 Å². The highest BCUT2D eigenvalue weighted by molar-refractivity contribution is 7.90. The van der Waals surface area contributed by atoms with Gasteiger partial charge in [-0.2, -0.15) is 5.06 Å². The van der Waals surface area contributed by atoms with Crippen LogP contribution in [0.5, 0.6) is 0 Å². The second-order valence-corrected chi connectivity index (χ2v) is 10.2. The molecule has 28 heavy (non-hydrogen) atoms. The second kappa shape index (κ2) is 7.91. The number of hydroxylamine groups is 2. The van der Waals surface area contributed by atoms with Crippen molar-refractivity contribution < 1.29 is 17.6 Å². The number of hydrogen-bond donors (Lipinski definition) is 1. The minimum atomic E-state index is -3.68. The largest absolute Gasteiger partial charge is 0.297 e. The topological polar surface area (TPSA) is 58.6 Å². The Morgan fingerprint density at radius 1 is 1.18 bits per heavy atom. The minimum Gasteiger partial charge on any atom is -0.297 e. The van der Waals surface area contributed by atoms with Crippen molar-refractivity contribution in [3.8, 4) is 0 Å².